The van der Waals surface area contributed by atoms with Gasteiger partial charge >= 0.3 is 0 Å². The van der Waals surface area contributed by atoms with Gasteiger partial charge in [0.05, 0.1) is 22.8 Å². The summed E-state index contributed by atoms with van der Waals surface area (Å²) in [4.78, 5) is 13.4. The molecule has 3 aliphatic rings. The van der Waals surface area contributed by atoms with Gasteiger partial charge in [-0.25, -0.2) is 4.98 Å². The smallest absolute Gasteiger partial charge is 0.124 e. The first-order chi connectivity index (χ1) is 18.8. The lowest BCUT2D eigenvalue weighted by molar-refractivity contribution is 0.614. The van der Waals surface area contributed by atoms with Gasteiger partial charge in [0, 0.05) is 12.1 Å². The van der Waals surface area contributed by atoms with Crippen molar-refractivity contribution in [3.63, 3.8) is 0 Å². The number of imidazole rings is 1. The van der Waals surface area contributed by atoms with Gasteiger partial charge in [0.15, 0.2) is 0 Å². The van der Waals surface area contributed by atoms with Crippen molar-refractivity contribution in [2.45, 2.75) is 51.0 Å². The van der Waals surface area contributed by atoms with E-state index in [0.29, 0.717) is 12.0 Å². The van der Waals surface area contributed by atoms with Crippen molar-refractivity contribution in [2.75, 3.05) is 6.54 Å². The van der Waals surface area contributed by atoms with Crippen LogP contribution in [0.5, 0.6) is 0 Å². The minimum Gasteiger partial charge on any atom is -0.341 e. The van der Waals surface area contributed by atoms with Crippen molar-refractivity contribution >= 4 is 33.2 Å². The highest BCUT2D eigenvalue weighted by molar-refractivity contribution is 5.97. The minimum atomic E-state index is 0.355. The molecule has 0 spiro atoms. The third-order valence-electron chi connectivity index (χ3n) is 8.94. The highest BCUT2D eigenvalue weighted by Gasteiger charge is 2.25. The molecule has 1 aliphatic carbocycles. The molecule has 0 radical (unpaired) electrons. The summed E-state index contributed by atoms with van der Waals surface area (Å²) in [6, 6.07) is 27.4. The number of aromatic amines is 1. The Morgan fingerprint density at radius 3 is 2.16 bits per heavy atom. The number of nitrogens with one attached hydrogen (secondary N) is 2. The second kappa shape index (κ2) is 8.92. The molecule has 4 aromatic carbocycles. The summed E-state index contributed by atoms with van der Waals surface area (Å²) in [6.07, 6.45) is 8.77. The van der Waals surface area contributed by atoms with E-state index in [0.717, 1.165) is 36.2 Å². The van der Waals surface area contributed by atoms with Crippen LogP contribution in [0.4, 0.5) is 5.69 Å². The molecule has 2 aliphatic heterocycles. The molecule has 4 heteroatoms. The van der Waals surface area contributed by atoms with Crippen molar-refractivity contribution in [3.8, 4) is 22.3 Å². The van der Waals surface area contributed by atoms with Crippen LogP contribution in [0.25, 0.3) is 44.1 Å². The van der Waals surface area contributed by atoms with Crippen LogP contribution in [0.15, 0.2) is 77.8 Å². The van der Waals surface area contributed by atoms with E-state index in [9.17, 15) is 0 Å². The first kappa shape index (κ1) is 22.2. The van der Waals surface area contributed by atoms with Gasteiger partial charge in [-0.05, 0) is 113 Å². The van der Waals surface area contributed by atoms with Gasteiger partial charge in [0.25, 0.3) is 0 Å². The zero-order valence-electron chi connectivity index (χ0n) is 21.6. The molecule has 3 heterocycles. The molecule has 1 saturated heterocycles. The number of H-pyrrole nitrogens is 1. The molecule has 5 aromatic rings. The summed E-state index contributed by atoms with van der Waals surface area (Å²) in [5.74, 6) is 1.77. The number of rotatable bonds is 4. The number of benzene rings is 4. The zero-order chi connectivity index (χ0) is 25.1. The lowest BCUT2D eigenvalue weighted by Gasteiger charge is -2.09. The second-order valence-electron chi connectivity index (χ2n) is 11.4. The average Bonchev–Trinajstić information content (AvgIpc) is 3.77. The molecule has 1 atom stereocenters. The van der Waals surface area contributed by atoms with Crippen molar-refractivity contribution in [1.29, 1.82) is 0 Å². The Hall–Kier alpha value is -3.76. The van der Waals surface area contributed by atoms with E-state index in [1.807, 2.05) is 0 Å². The first-order valence-corrected chi connectivity index (χ1v) is 14.2. The van der Waals surface area contributed by atoms with E-state index in [4.69, 9.17) is 9.98 Å². The molecule has 8 rings (SSSR count). The summed E-state index contributed by atoms with van der Waals surface area (Å²) in [7, 11) is 0. The van der Waals surface area contributed by atoms with E-state index in [-0.39, 0.29) is 0 Å². The van der Waals surface area contributed by atoms with Crippen molar-refractivity contribution < 1.29 is 0 Å². The summed E-state index contributed by atoms with van der Waals surface area (Å²) in [5, 5.41) is 6.08. The van der Waals surface area contributed by atoms with Gasteiger partial charge in [-0.2, -0.15) is 0 Å². The highest BCUT2D eigenvalue weighted by atomic mass is 15.0. The van der Waals surface area contributed by atoms with Crippen molar-refractivity contribution in [2.24, 2.45) is 10.9 Å². The predicted molar refractivity (Wildman–Crippen MR) is 157 cm³/mol. The fourth-order valence-electron chi connectivity index (χ4n) is 6.80. The first-order valence-electron chi connectivity index (χ1n) is 14.2. The van der Waals surface area contributed by atoms with Gasteiger partial charge in [-0.1, -0.05) is 49.2 Å². The normalized spacial score (nSPS) is 19.5. The third kappa shape index (κ3) is 3.86. The molecule has 1 aromatic heterocycles. The van der Waals surface area contributed by atoms with Gasteiger partial charge in [-0.3, -0.25) is 4.99 Å². The standard InChI is InChI=1S/C34H32N4/c1-2-5-21(4-1)32-20-28-18-26(11-13-29(28)36-32)24-8-7-23-17-25(10-9-22(23)16-24)27-12-14-30-33(19-27)38-34(37-30)31-6-3-15-35-31/h7-14,16-19,21,31,35H,1-6,15,20H2,(H,37,38)/t31-/m0/s1. The van der Waals surface area contributed by atoms with Crippen LogP contribution in [0, 0.1) is 5.92 Å². The Balaban J connectivity index is 1.06. The van der Waals surface area contributed by atoms with Crippen LogP contribution >= 0.6 is 0 Å². The summed E-state index contributed by atoms with van der Waals surface area (Å²) in [6.45, 7) is 1.08. The lowest BCUT2D eigenvalue weighted by Crippen LogP contribution is -2.13. The van der Waals surface area contributed by atoms with Crippen LogP contribution in [0.1, 0.15) is 56.0 Å². The number of nitrogens with zero attached hydrogens (tertiary/aromatic N) is 2. The summed E-state index contributed by atoms with van der Waals surface area (Å²) in [5.41, 5.74) is 11.1. The average molecular weight is 497 g/mol. The Labute approximate surface area is 223 Å². The van der Waals surface area contributed by atoms with E-state index in [1.165, 1.54) is 82.1 Å². The number of aliphatic imine (C=N–C) groups is 1. The molecular formula is C34H32N4. The number of hydrogen-bond donors (Lipinski definition) is 2. The largest absolute Gasteiger partial charge is 0.341 e. The van der Waals surface area contributed by atoms with Crippen molar-refractivity contribution in [1.82, 2.24) is 15.3 Å². The zero-order valence-corrected chi connectivity index (χ0v) is 21.6. The van der Waals surface area contributed by atoms with E-state index in [1.54, 1.807) is 0 Å². The van der Waals surface area contributed by atoms with E-state index in [2.05, 4.69) is 83.1 Å². The Kier molecular flexibility index (Phi) is 5.22. The van der Waals surface area contributed by atoms with E-state index >= 15 is 0 Å². The molecule has 2 N–H and O–H groups in total. The maximum atomic E-state index is 5.00. The minimum absolute atomic E-state index is 0.355. The third-order valence-corrected chi connectivity index (χ3v) is 8.94. The fraction of sp³-hybridized carbons (Fsp3) is 0.294. The Morgan fingerprint density at radius 1 is 0.684 bits per heavy atom. The molecule has 0 bridgehead atoms. The molecule has 188 valence electrons. The number of fused-ring (bicyclic) bond motifs is 3. The molecule has 2 fully saturated rings. The van der Waals surface area contributed by atoms with Crippen LogP contribution in [-0.4, -0.2) is 22.2 Å². The molecule has 0 unspecified atom stereocenters. The van der Waals surface area contributed by atoms with Gasteiger partial charge in [-0.15, -0.1) is 0 Å². The Bertz CT molecular complexity index is 1710. The lowest BCUT2D eigenvalue weighted by atomic mass is 9.94. The van der Waals surface area contributed by atoms with Crippen LogP contribution in [-0.2, 0) is 6.42 Å². The summed E-state index contributed by atoms with van der Waals surface area (Å²) < 4.78 is 0. The maximum Gasteiger partial charge on any atom is 0.124 e. The van der Waals surface area contributed by atoms with Gasteiger partial charge < -0.3 is 10.3 Å². The van der Waals surface area contributed by atoms with E-state index < -0.39 is 0 Å². The van der Waals surface area contributed by atoms with Crippen LogP contribution in [0.3, 0.4) is 0 Å². The maximum absolute atomic E-state index is 5.00. The number of hydrogen-bond acceptors (Lipinski definition) is 3. The second-order valence-corrected chi connectivity index (χ2v) is 11.4. The van der Waals surface area contributed by atoms with Gasteiger partial charge in [0.2, 0.25) is 0 Å². The van der Waals surface area contributed by atoms with Crippen LogP contribution < -0.4 is 5.32 Å². The monoisotopic (exact) mass is 496 g/mol. The quantitative estimate of drug-likeness (QED) is 0.263. The Morgan fingerprint density at radius 2 is 1.39 bits per heavy atom. The SMILES string of the molecule is c1cc2c(cc1-c1ccc3cc(-c4ccc5nc([C@@H]6CCCN6)[nH]c5c4)ccc3c1)CC(C1CCCC1)=N2. The van der Waals surface area contributed by atoms with Crippen molar-refractivity contribution in [3.05, 3.63) is 84.2 Å². The molecule has 1 saturated carbocycles. The fourth-order valence-corrected chi connectivity index (χ4v) is 6.80. The summed E-state index contributed by atoms with van der Waals surface area (Å²) >= 11 is 0. The molecule has 4 nitrogen and oxygen atoms in total. The van der Waals surface area contributed by atoms with Crippen LogP contribution in [0.2, 0.25) is 0 Å². The number of aromatic nitrogens is 2. The molecule has 0 amide bonds. The topological polar surface area (TPSA) is 53.1 Å². The van der Waals surface area contributed by atoms with Gasteiger partial charge in [0.1, 0.15) is 5.82 Å². The highest BCUT2D eigenvalue weighted by Crippen LogP contribution is 2.38. The molecule has 38 heavy (non-hydrogen) atoms. The molecular weight excluding hydrogens is 464 g/mol. The predicted octanol–water partition coefficient (Wildman–Crippen LogP) is 8.29.